The van der Waals surface area contributed by atoms with Gasteiger partial charge in [-0.05, 0) is 54.7 Å². The zero-order valence-electron chi connectivity index (χ0n) is 13.6. The van der Waals surface area contributed by atoms with Gasteiger partial charge < -0.3 is 19.6 Å². The van der Waals surface area contributed by atoms with Crippen molar-refractivity contribution in [2.45, 2.75) is 24.9 Å². The Kier molecular flexibility index (Phi) is 4.71. The molecule has 0 saturated heterocycles. The topological polar surface area (TPSA) is 71.7 Å². The van der Waals surface area contributed by atoms with Gasteiger partial charge in [-0.3, -0.25) is 4.79 Å². The fraction of sp³-hybridized carbons (Fsp3) is 0.316. The highest BCUT2D eigenvalue weighted by Crippen LogP contribution is 2.36. The van der Waals surface area contributed by atoms with Crippen LogP contribution in [0.3, 0.4) is 0 Å². The molecule has 0 fully saturated rings. The van der Waals surface area contributed by atoms with Gasteiger partial charge in [0.25, 0.3) is 0 Å². The summed E-state index contributed by atoms with van der Waals surface area (Å²) in [5.41, 5.74) is 1.72. The molecule has 5 nitrogen and oxygen atoms in total. The maximum Gasteiger partial charge on any atom is 0.244 e. The third-order valence-electron chi connectivity index (χ3n) is 4.38. The minimum atomic E-state index is -1.04. The molecule has 1 aliphatic rings. The first-order valence-electron chi connectivity index (χ1n) is 7.99. The Labute approximate surface area is 140 Å². The highest BCUT2D eigenvalue weighted by molar-refractivity contribution is 5.91. The number of benzene rings is 1. The monoisotopic (exact) mass is 327 g/mol. The smallest absolute Gasteiger partial charge is 0.244 e. The lowest BCUT2D eigenvalue weighted by molar-refractivity contribution is -0.118. The molecule has 0 spiro atoms. The number of furan rings is 1. The summed E-state index contributed by atoms with van der Waals surface area (Å²) in [4.78, 5) is 12.0. The number of fused-ring (bicyclic) bond motifs is 1. The number of ether oxygens (including phenoxy) is 1. The number of methoxy groups -OCH3 is 1. The molecule has 0 aliphatic heterocycles. The molecule has 1 heterocycles. The molecule has 1 amide bonds. The average Bonchev–Trinajstić information content (AvgIpc) is 3.11. The van der Waals surface area contributed by atoms with Crippen molar-refractivity contribution in [3.63, 3.8) is 0 Å². The SMILES string of the molecule is COc1ccc2c(c1)CCCC2(O)CNC(=O)C=Cc1ccoc1. The minimum Gasteiger partial charge on any atom is -0.497 e. The summed E-state index contributed by atoms with van der Waals surface area (Å²) in [7, 11) is 1.63. The fourth-order valence-corrected chi connectivity index (χ4v) is 3.08. The maximum absolute atomic E-state index is 12.0. The lowest BCUT2D eigenvalue weighted by Gasteiger charge is -2.34. The van der Waals surface area contributed by atoms with Gasteiger partial charge in [-0.15, -0.1) is 0 Å². The van der Waals surface area contributed by atoms with E-state index in [0.29, 0.717) is 6.42 Å². The van der Waals surface area contributed by atoms with Crippen LogP contribution in [0.1, 0.15) is 29.5 Å². The first kappa shape index (κ1) is 16.3. The molecular weight excluding hydrogens is 306 g/mol. The third-order valence-corrected chi connectivity index (χ3v) is 4.38. The number of rotatable bonds is 5. The second-order valence-corrected chi connectivity index (χ2v) is 6.02. The summed E-state index contributed by atoms with van der Waals surface area (Å²) in [6, 6.07) is 7.46. The molecule has 0 bridgehead atoms. The van der Waals surface area contributed by atoms with Crippen molar-refractivity contribution in [3.8, 4) is 5.75 Å². The van der Waals surface area contributed by atoms with Gasteiger partial charge in [0.2, 0.25) is 5.91 Å². The number of carbonyl (C=O) groups is 1. The van der Waals surface area contributed by atoms with Crippen LogP contribution in [0.5, 0.6) is 5.75 Å². The number of aliphatic hydroxyl groups is 1. The van der Waals surface area contributed by atoms with Crippen LogP contribution in [-0.2, 0) is 16.8 Å². The van der Waals surface area contributed by atoms with Crippen LogP contribution in [0.25, 0.3) is 6.08 Å². The first-order valence-corrected chi connectivity index (χ1v) is 7.99. The molecule has 126 valence electrons. The molecule has 1 aromatic carbocycles. The van der Waals surface area contributed by atoms with Crippen molar-refractivity contribution >= 4 is 12.0 Å². The zero-order valence-corrected chi connectivity index (χ0v) is 13.6. The van der Waals surface area contributed by atoms with Gasteiger partial charge >= 0.3 is 0 Å². The van der Waals surface area contributed by atoms with Crippen LogP contribution >= 0.6 is 0 Å². The summed E-state index contributed by atoms with van der Waals surface area (Å²) >= 11 is 0. The van der Waals surface area contributed by atoms with E-state index >= 15 is 0 Å². The van der Waals surface area contributed by atoms with E-state index in [1.807, 2.05) is 18.2 Å². The minimum absolute atomic E-state index is 0.181. The maximum atomic E-state index is 12.0. The van der Waals surface area contributed by atoms with Crippen LogP contribution < -0.4 is 10.1 Å². The third kappa shape index (κ3) is 3.51. The lowest BCUT2D eigenvalue weighted by atomic mass is 9.79. The Morgan fingerprint density at radius 1 is 1.46 bits per heavy atom. The molecular formula is C19H21NO4. The number of aryl methyl sites for hydroxylation is 1. The molecule has 1 atom stereocenters. The summed E-state index contributed by atoms with van der Waals surface area (Å²) in [5.74, 6) is 0.537. The van der Waals surface area contributed by atoms with Gasteiger partial charge in [0.1, 0.15) is 11.4 Å². The standard InChI is InChI=1S/C19H21NO4/c1-23-16-5-6-17-15(11-16)3-2-9-19(17,22)13-20-18(21)7-4-14-8-10-24-12-14/h4-8,10-12,22H,2-3,9,13H2,1H3,(H,20,21). The second kappa shape index (κ2) is 6.93. The van der Waals surface area contributed by atoms with Gasteiger partial charge in [-0.1, -0.05) is 6.07 Å². The van der Waals surface area contributed by atoms with Gasteiger partial charge in [0, 0.05) is 11.6 Å². The quantitative estimate of drug-likeness (QED) is 0.828. The van der Waals surface area contributed by atoms with Gasteiger partial charge in [0.15, 0.2) is 0 Å². The van der Waals surface area contributed by atoms with Crippen LogP contribution in [0.2, 0.25) is 0 Å². The van der Waals surface area contributed by atoms with Crippen molar-refractivity contribution in [2.24, 2.45) is 0 Å². The Bertz CT molecular complexity index is 736. The van der Waals surface area contributed by atoms with Crippen molar-refractivity contribution < 1.29 is 19.1 Å². The summed E-state index contributed by atoms with van der Waals surface area (Å²) in [6.07, 6.45) is 8.61. The van der Waals surface area contributed by atoms with Gasteiger partial charge in [0.05, 0.1) is 26.2 Å². The predicted molar refractivity (Wildman–Crippen MR) is 90.6 cm³/mol. The lowest BCUT2D eigenvalue weighted by Crippen LogP contribution is -2.42. The van der Waals surface area contributed by atoms with E-state index in [1.165, 1.54) is 6.08 Å². The molecule has 2 N–H and O–H groups in total. The first-order chi connectivity index (χ1) is 11.6. The van der Waals surface area contributed by atoms with E-state index in [0.717, 1.165) is 35.3 Å². The molecule has 1 aliphatic carbocycles. The summed E-state index contributed by atoms with van der Waals surface area (Å²) in [6.45, 7) is 0.181. The van der Waals surface area contributed by atoms with E-state index in [2.05, 4.69) is 5.32 Å². The molecule has 1 unspecified atom stereocenters. The van der Waals surface area contributed by atoms with Crippen LogP contribution in [0.4, 0.5) is 0 Å². The average molecular weight is 327 g/mol. The van der Waals surface area contributed by atoms with Gasteiger partial charge in [-0.25, -0.2) is 0 Å². The number of carbonyl (C=O) groups excluding carboxylic acids is 1. The van der Waals surface area contributed by atoms with Gasteiger partial charge in [-0.2, -0.15) is 0 Å². The van der Waals surface area contributed by atoms with Crippen molar-refractivity contribution in [3.05, 3.63) is 59.6 Å². The highest BCUT2D eigenvalue weighted by atomic mass is 16.5. The Morgan fingerprint density at radius 3 is 3.08 bits per heavy atom. The van der Waals surface area contributed by atoms with E-state index in [9.17, 15) is 9.90 Å². The Hall–Kier alpha value is -2.53. The molecule has 3 rings (SSSR count). The van der Waals surface area contributed by atoms with E-state index < -0.39 is 5.60 Å². The van der Waals surface area contributed by atoms with E-state index in [1.54, 1.807) is 31.8 Å². The largest absolute Gasteiger partial charge is 0.497 e. The van der Waals surface area contributed by atoms with Crippen molar-refractivity contribution in [2.75, 3.05) is 13.7 Å². The predicted octanol–water partition coefficient (Wildman–Crippen LogP) is 2.64. The van der Waals surface area contributed by atoms with Crippen molar-refractivity contribution in [1.82, 2.24) is 5.32 Å². The summed E-state index contributed by atoms with van der Waals surface area (Å²) < 4.78 is 10.2. The van der Waals surface area contributed by atoms with E-state index in [-0.39, 0.29) is 12.5 Å². The van der Waals surface area contributed by atoms with Crippen LogP contribution in [0, 0.1) is 0 Å². The Balaban J connectivity index is 1.68. The molecule has 1 aromatic heterocycles. The van der Waals surface area contributed by atoms with E-state index in [4.69, 9.17) is 9.15 Å². The number of hydrogen-bond donors (Lipinski definition) is 2. The second-order valence-electron chi connectivity index (χ2n) is 6.02. The van der Waals surface area contributed by atoms with Crippen LogP contribution in [0.15, 0.2) is 47.3 Å². The van der Waals surface area contributed by atoms with Crippen molar-refractivity contribution in [1.29, 1.82) is 0 Å². The molecule has 2 aromatic rings. The number of hydrogen-bond acceptors (Lipinski definition) is 4. The number of nitrogens with one attached hydrogen (secondary N) is 1. The summed E-state index contributed by atoms with van der Waals surface area (Å²) in [5, 5.41) is 13.8. The Morgan fingerprint density at radius 2 is 2.33 bits per heavy atom. The highest BCUT2D eigenvalue weighted by Gasteiger charge is 2.34. The zero-order chi connectivity index (χ0) is 17.0. The normalized spacial score (nSPS) is 19.9. The molecule has 0 saturated carbocycles. The van der Waals surface area contributed by atoms with Crippen LogP contribution in [-0.4, -0.2) is 24.7 Å². The molecule has 0 radical (unpaired) electrons. The number of amides is 1. The molecule has 24 heavy (non-hydrogen) atoms. The molecule has 5 heteroatoms. The fourth-order valence-electron chi connectivity index (χ4n) is 3.08.